The summed E-state index contributed by atoms with van der Waals surface area (Å²) in [5.74, 6) is 0.399. The number of rotatable bonds is 1. The molecule has 2 unspecified atom stereocenters. The van der Waals surface area contributed by atoms with Crippen LogP contribution in [0.25, 0.3) is 0 Å². The summed E-state index contributed by atoms with van der Waals surface area (Å²) in [6, 6.07) is 10.8. The second kappa shape index (κ2) is 4.87. The molecule has 0 amide bonds. The summed E-state index contributed by atoms with van der Waals surface area (Å²) in [4.78, 5) is 0. The summed E-state index contributed by atoms with van der Waals surface area (Å²) >= 11 is 2.30. The summed E-state index contributed by atoms with van der Waals surface area (Å²) in [6.07, 6.45) is 11.3. The fraction of sp³-hybridized carbons (Fsp3) is 0.176. The van der Waals surface area contributed by atoms with E-state index in [1.54, 1.807) is 0 Å². The number of hydrogen-bond acceptors (Lipinski definition) is 0. The maximum atomic E-state index is 2.37. The first-order valence-corrected chi connectivity index (χ1v) is 7.20. The molecule has 3 rings (SSSR count). The number of benzene rings is 1. The van der Waals surface area contributed by atoms with Gasteiger partial charge in [0.1, 0.15) is 0 Å². The van der Waals surface area contributed by atoms with Crippen LogP contribution < -0.4 is 0 Å². The fourth-order valence-electron chi connectivity index (χ4n) is 2.67. The van der Waals surface area contributed by atoms with Crippen LogP contribution in [0.4, 0.5) is 0 Å². The van der Waals surface area contributed by atoms with Crippen molar-refractivity contribution in [1.82, 2.24) is 0 Å². The molecule has 0 spiro atoms. The van der Waals surface area contributed by atoms with E-state index in [9.17, 15) is 0 Å². The van der Waals surface area contributed by atoms with Gasteiger partial charge in [-0.1, -0.05) is 0 Å². The van der Waals surface area contributed by atoms with Gasteiger partial charge in [-0.15, -0.1) is 0 Å². The van der Waals surface area contributed by atoms with Gasteiger partial charge in [-0.25, -0.2) is 0 Å². The van der Waals surface area contributed by atoms with Gasteiger partial charge in [0.2, 0.25) is 0 Å². The van der Waals surface area contributed by atoms with E-state index in [-0.39, 0.29) is 0 Å². The zero-order valence-corrected chi connectivity index (χ0v) is 12.0. The van der Waals surface area contributed by atoms with E-state index in [1.807, 2.05) is 0 Å². The monoisotopic (exact) mass is 267 g/mol. The molecule has 1 aromatic carbocycles. The average Bonchev–Trinajstić information content (AvgIpc) is 2.58. The molecule has 0 saturated carbocycles. The van der Waals surface area contributed by atoms with Gasteiger partial charge in [0.05, 0.1) is 0 Å². The molecule has 2 aliphatic carbocycles. The van der Waals surface area contributed by atoms with Crippen LogP contribution in [0.1, 0.15) is 18.4 Å². The Morgan fingerprint density at radius 1 is 1.00 bits per heavy atom. The summed E-state index contributed by atoms with van der Waals surface area (Å²) in [6.45, 7) is 2.24. The van der Waals surface area contributed by atoms with Crippen molar-refractivity contribution in [2.24, 2.45) is 0 Å². The van der Waals surface area contributed by atoms with E-state index < -0.39 is 0 Å². The first kappa shape index (κ1) is 12.0. The van der Waals surface area contributed by atoms with Gasteiger partial charge in [0, 0.05) is 0 Å². The van der Waals surface area contributed by atoms with Crippen LogP contribution in [0.2, 0.25) is 4.22 Å². The Morgan fingerprint density at radius 3 is 2.56 bits per heavy atom. The van der Waals surface area contributed by atoms with Crippen molar-refractivity contribution < 1.29 is 20.4 Å². The third kappa shape index (κ3) is 2.00. The Hall–Kier alpha value is -1.11. The van der Waals surface area contributed by atoms with E-state index in [0.717, 1.165) is 0 Å². The minimum absolute atomic E-state index is 0.399. The third-order valence-electron chi connectivity index (χ3n) is 3.67. The zero-order valence-electron chi connectivity index (χ0n) is 10.4. The van der Waals surface area contributed by atoms with Gasteiger partial charge >= 0.3 is 120 Å². The minimum atomic E-state index is 0.399. The Balaban J connectivity index is 2.10. The summed E-state index contributed by atoms with van der Waals surface area (Å²) < 4.78 is 0.558. The van der Waals surface area contributed by atoms with Gasteiger partial charge in [-0.05, 0) is 0 Å². The number of allylic oxidation sites excluding steroid dienone is 8. The molecule has 0 saturated heterocycles. The molecule has 0 fully saturated rings. The van der Waals surface area contributed by atoms with E-state index in [0.29, 0.717) is 10.1 Å². The summed E-state index contributed by atoms with van der Waals surface area (Å²) in [5, 5.41) is 0. The Labute approximate surface area is 120 Å². The molecule has 0 heterocycles. The fourth-order valence-corrected chi connectivity index (χ4v) is 3.22. The molecular weight excluding hydrogens is 252 g/mol. The molecule has 0 bridgehead atoms. The van der Waals surface area contributed by atoms with Gasteiger partial charge < -0.3 is 0 Å². The van der Waals surface area contributed by atoms with Crippen LogP contribution in [0.5, 0.6) is 0 Å². The van der Waals surface area contributed by atoms with Crippen LogP contribution in [-0.2, 0) is 20.4 Å². The molecule has 1 heteroatoms. The first-order valence-electron chi connectivity index (χ1n) is 6.30. The van der Waals surface area contributed by atoms with Crippen molar-refractivity contribution in [3.8, 4) is 0 Å². The molecule has 0 aliphatic heterocycles. The first-order chi connectivity index (χ1) is 8.77. The molecule has 1 aromatic rings. The second-order valence-electron chi connectivity index (χ2n) is 4.86. The maximum absolute atomic E-state index is 2.37. The van der Waals surface area contributed by atoms with Gasteiger partial charge in [-0.2, -0.15) is 0 Å². The second-order valence-corrected chi connectivity index (χ2v) is 5.77. The van der Waals surface area contributed by atoms with E-state index in [4.69, 9.17) is 0 Å². The van der Waals surface area contributed by atoms with Crippen LogP contribution in [0, 0.1) is 0 Å². The average molecular weight is 267 g/mol. The number of hydrogen-bond donors (Lipinski definition) is 0. The standard InChI is InChI=1S/C17H15.Ti/c1-13-11-15-9-5-6-10-16(17(15)12-13)14-7-3-2-4-8-14;/h2-12,16H,1H3;. The molecule has 87 valence electrons. The van der Waals surface area contributed by atoms with Gasteiger partial charge in [0.15, 0.2) is 0 Å². The molecule has 0 nitrogen and oxygen atoms in total. The quantitative estimate of drug-likeness (QED) is 0.658. The molecule has 0 radical (unpaired) electrons. The zero-order chi connectivity index (χ0) is 12.5. The molecule has 0 aromatic heterocycles. The predicted molar refractivity (Wildman–Crippen MR) is 72.0 cm³/mol. The predicted octanol–water partition coefficient (Wildman–Crippen LogP) is 4.49. The molecular formula is C17H15Ti. The van der Waals surface area contributed by atoms with Crippen molar-refractivity contribution in [2.45, 2.75) is 17.1 Å². The summed E-state index contributed by atoms with van der Waals surface area (Å²) in [5.41, 5.74) is 5.80. The summed E-state index contributed by atoms with van der Waals surface area (Å²) in [7, 11) is 0. The molecule has 0 N–H and O–H groups in total. The van der Waals surface area contributed by atoms with Crippen molar-refractivity contribution in [3.05, 3.63) is 83.0 Å². The van der Waals surface area contributed by atoms with Crippen LogP contribution in [0.15, 0.2) is 77.4 Å². The van der Waals surface area contributed by atoms with Crippen molar-refractivity contribution in [2.75, 3.05) is 0 Å². The van der Waals surface area contributed by atoms with Crippen molar-refractivity contribution >= 4 is 0 Å². The van der Waals surface area contributed by atoms with Crippen molar-refractivity contribution in [1.29, 1.82) is 0 Å². The normalized spacial score (nSPS) is 25.9. The third-order valence-corrected chi connectivity index (χ3v) is 4.86. The van der Waals surface area contributed by atoms with Crippen LogP contribution >= 0.6 is 0 Å². The Morgan fingerprint density at radius 2 is 1.78 bits per heavy atom. The molecule has 18 heavy (non-hydrogen) atoms. The van der Waals surface area contributed by atoms with E-state index in [2.05, 4.69) is 88.1 Å². The van der Waals surface area contributed by atoms with Crippen molar-refractivity contribution in [3.63, 3.8) is 0 Å². The van der Waals surface area contributed by atoms with Gasteiger partial charge in [-0.3, -0.25) is 0 Å². The van der Waals surface area contributed by atoms with E-state index >= 15 is 0 Å². The van der Waals surface area contributed by atoms with Crippen LogP contribution in [0.3, 0.4) is 0 Å². The Kier molecular flexibility index (Phi) is 3.24. The topological polar surface area (TPSA) is 0 Å². The van der Waals surface area contributed by atoms with Crippen LogP contribution in [-0.4, -0.2) is 0 Å². The van der Waals surface area contributed by atoms with Gasteiger partial charge in [0.25, 0.3) is 0 Å². The van der Waals surface area contributed by atoms with E-state index in [1.165, 1.54) is 22.3 Å². The Bertz CT molecular complexity index is 573. The SMILES string of the molecule is CC1=CC2=C(C=CC=CC2c2ccccc2)[CH]1[Ti]. The molecule has 2 atom stereocenters. The molecule has 2 aliphatic rings.